The average molecular weight is 623 g/mol. The summed E-state index contributed by atoms with van der Waals surface area (Å²) in [6.07, 6.45) is 3.54. The van der Waals surface area contributed by atoms with Crippen molar-refractivity contribution in [3.05, 3.63) is 57.3 Å². The third-order valence-electron chi connectivity index (χ3n) is 8.31. The van der Waals surface area contributed by atoms with E-state index >= 15 is 0 Å². The summed E-state index contributed by atoms with van der Waals surface area (Å²) in [5.41, 5.74) is 7.27. The first kappa shape index (κ1) is 34.9. The summed E-state index contributed by atoms with van der Waals surface area (Å²) in [6.45, 7) is 4.71. The van der Waals surface area contributed by atoms with E-state index in [9.17, 15) is 27.3 Å². The molecule has 1 aromatic rings. The van der Waals surface area contributed by atoms with Crippen LogP contribution in [0.15, 0.2) is 35.0 Å². The molecular formula is C32H45F3N4O3S. The molecule has 1 heterocycles. The Morgan fingerprint density at radius 1 is 1.14 bits per heavy atom. The molecule has 0 saturated heterocycles. The number of hydrazine groups is 1. The summed E-state index contributed by atoms with van der Waals surface area (Å²) in [6, 6.07) is 3.67. The molecule has 2 aliphatic rings. The summed E-state index contributed by atoms with van der Waals surface area (Å²) in [4.78, 5) is 25.6. The Kier molecular flexibility index (Phi) is 13.0. The van der Waals surface area contributed by atoms with Crippen LogP contribution in [0.3, 0.4) is 0 Å². The molecular weight excluding hydrogens is 577 g/mol. The van der Waals surface area contributed by atoms with Crippen LogP contribution in [0.5, 0.6) is 0 Å². The first-order valence-corrected chi connectivity index (χ1v) is 16.1. The van der Waals surface area contributed by atoms with Crippen LogP contribution in [0.1, 0.15) is 84.8 Å². The van der Waals surface area contributed by atoms with Crippen molar-refractivity contribution < 1.29 is 27.3 Å². The normalized spacial score (nSPS) is 21.8. The Hall–Kier alpha value is -2.56. The number of benzene rings is 1. The average Bonchev–Trinajstić information content (AvgIpc) is 2.99. The topological polar surface area (TPSA) is 79.0 Å². The van der Waals surface area contributed by atoms with Crippen molar-refractivity contribution in [2.75, 3.05) is 34.2 Å². The van der Waals surface area contributed by atoms with Crippen molar-refractivity contribution in [3.8, 4) is 0 Å². The molecule has 3 rings (SSSR count). The second kappa shape index (κ2) is 16.0. The van der Waals surface area contributed by atoms with Crippen molar-refractivity contribution in [2.45, 2.75) is 77.8 Å². The summed E-state index contributed by atoms with van der Waals surface area (Å²) in [7, 11) is 5.31. The van der Waals surface area contributed by atoms with Gasteiger partial charge >= 0.3 is 6.18 Å². The molecule has 11 heteroatoms. The lowest BCUT2D eigenvalue weighted by Gasteiger charge is -2.29. The number of carbonyl (C=O) groups is 2. The first-order chi connectivity index (χ1) is 20.2. The van der Waals surface area contributed by atoms with Crippen LogP contribution in [0.4, 0.5) is 13.2 Å². The lowest BCUT2D eigenvalue weighted by atomic mass is 9.78. The van der Waals surface area contributed by atoms with Crippen molar-refractivity contribution >= 4 is 29.3 Å². The van der Waals surface area contributed by atoms with Gasteiger partial charge in [-0.15, -0.1) is 10.0 Å². The fourth-order valence-electron chi connectivity index (χ4n) is 5.59. The third kappa shape index (κ3) is 10.8. The van der Waals surface area contributed by atoms with Gasteiger partial charge in [-0.3, -0.25) is 14.6 Å². The molecule has 1 aromatic carbocycles. The zero-order chi connectivity index (χ0) is 31.7. The molecule has 0 radical (unpaired) electrons. The smallest absolute Gasteiger partial charge is 0.389 e. The molecule has 0 aromatic heterocycles. The standard InChI is InChI=1S/C32H45F3N4O3S/c1-23-21-27(31(41)38(5)37(3)4)22-24(2)28(23)16-20-43(42)39-18-8-6-7-9-29(36-30(40)15-19-39)26-12-10-25(11-13-26)14-17-32(33,34)35/h7,16,20-22,25-26H,6,8,10-15,17-19H2,1-5H3,(H,36,40)/b20-16+. The summed E-state index contributed by atoms with van der Waals surface area (Å²) < 4.78 is 52.9. The van der Waals surface area contributed by atoms with Gasteiger partial charge in [0.1, 0.15) is 5.41 Å². The highest BCUT2D eigenvalue weighted by atomic mass is 32.2. The molecule has 1 N–H and O–H groups in total. The van der Waals surface area contributed by atoms with Gasteiger partial charge in [0.05, 0.1) is 23.6 Å². The molecule has 1 unspecified atom stereocenters. The predicted octanol–water partition coefficient (Wildman–Crippen LogP) is 6.28. The largest absolute Gasteiger partial charge is 0.593 e. The SMILES string of the molecule is Cc1cc(C(=O)N(C)N(C)C)cc(C)c1/C=C/[S+]([O-])N1CCCC=C=C(C2CCC(CCC(F)(F)F)CC2)NC(=O)CC1. The predicted molar refractivity (Wildman–Crippen MR) is 165 cm³/mol. The second-order valence-corrected chi connectivity index (χ2v) is 13.1. The highest BCUT2D eigenvalue weighted by molar-refractivity contribution is 7.92. The molecule has 0 bridgehead atoms. The number of hydrogen-bond donors (Lipinski definition) is 1. The van der Waals surface area contributed by atoms with Gasteiger partial charge in [0, 0.05) is 52.0 Å². The van der Waals surface area contributed by atoms with E-state index in [0.29, 0.717) is 37.9 Å². The highest BCUT2D eigenvalue weighted by Gasteiger charge is 2.31. The van der Waals surface area contributed by atoms with E-state index in [2.05, 4.69) is 11.0 Å². The van der Waals surface area contributed by atoms with E-state index in [1.54, 1.807) is 35.9 Å². The van der Waals surface area contributed by atoms with Gasteiger partial charge < -0.3 is 9.87 Å². The summed E-state index contributed by atoms with van der Waals surface area (Å²) in [5.74, 6) is -0.155. The van der Waals surface area contributed by atoms with Gasteiger partial charge in [-0.25, -0.2) is 5.01 Å². The van der Waals surface area contributed by atoms with Gasteiger partial charge in [0.15, 0.2) is 0 Å². The number of aryl methyl sites for hydroxylation is 2. The molecule has 1 atom stereocenters. The summed E-state index contributed by atoms with van der Waals surface area (Å²) in [5, 5.41) is 7.87. The molecule has 7 nitrogen and oxygen atoms in total. The Bertz CT molecular complexity index is 1200. The highest BCUT2D eigenvalue weighted by Crippen LogP contribution is 2.36. The monoisotopic (exact) mass is 622 g/mol. The van der Waals surface area contributed by atoms with Gasteiger partial charge in [0.25, 0.3) is 5.91 Å². The summed E-state index contributed by atoms with van der Waals surface area (Å²) >= 11 is -1.46. The number of alkyl halides is 3. The molecule has 0 spiro atoms. The number of nitrogens with one attached hydrogen (secondary N) is 1. The van der Waals surface area contributed by atoms with Crippen molar-refractivity contribution in [1.82, 2.24) is 19.6 Å². The Labute approximate surface area is 257 Å². The number of halogens is 3. The molecule has 1 fully saturated rings. The minimum absolute atomic E-state index is 0.0651. The lowest BCUT2D eigenvalue weighted by Crippen LogP contribution is -2.38. The zero-order valence-electron chi connectivity index (χ0n) is 25.9. The maximum atomic E-state index is 13.3. The number of hydrogen-bond acceptors (Lipinski definition) is 5. The third-order valence-corrected chi connectivity index (χ3v) is 9.55. The lowest BCUT2D eigenvalue weighted by molar-refractivity contribution is -0.138. The molecule has 2 amide bonds. The number of nitrogens with zero attached hydrogens (tertiary/aromatic N) is 3. The first-order valence-electron chi connectivity index (χ1n) is 15.0. The number of rotatable bonds is 8. The van der Waals surface area contributed by atoms with Gasteiger partial charge in [-0.2, -0.15) is 13.2 Å². The fourth-order valence-corrected chi connectivity index (χ4v) is 6.59. The molecule has 43 heavy (non-hydrogen) atoms. The number of amides is 2. The number of carbonyl (C=O) groups excluding carboxylic acids is 2. The van der Waals surface area contributed by atoms with E-state index in [-0.39, 0.29) is 36.5 Å². The van der Waals surface area contributed by atoms with Crippen LogP contribution in [-0.2, 0) is 16.2 Å². The van der Waals surface area contributed by atoms with Crippen LogP contribution >= 0.6 is 0 Å². The molecule has 1 aliphatic carbocycles. The second-order valence-electron chi connectivity index (χ2n) is 11.8. The van der Waals surface area contributed by atoms with Crippen LogP contribution < -0.4 is 5.32 Å². The van der Waals surface area contributed by atoms with E-state index in [4.69, 9.17) is 0 Å². The Morgan fingerprint density at radius 2 is 1.79 bits per heavy atom. The van der Waals surface area contributed by atoms with E-state index in [1.165, 1.54) is 5.01 Å². The van der Waals surface area contributed by atoms with Gasteiger partial charge in [-0.05, 0) is 106 Å². The van der Waals surface area contributed by atoms with Crippen molar-refractivity contribution in [1.29, 1.82) is 0 Å². The van der Waals surface area contributed by atoms with Gasteiger partial charge in [-0.1, -0.05) is 0 Å². The van der Waals surface area contributed by atoms with Crippen molar-refractivity contribution in [3.63, 3.8) is 0 Å². The van der Waals surface area contributed by atoms with Crippen molar-refractivity contribution in [2.24, 2.45) is 11.8 Å². The van der Waals surface area contributed by atoms with E-state index in [0.717, 1.165) is 41.6 Å². The Balaban J connectivity index is 1.59. The molecule has 238 valence electrons. The van der Waals surface area contributed by atoms with E-state index < -0.39 is 24.0 Å². The fraction of sp³-hybridized carbons (Fsp3) is 0.594. The number of allylic oxidation sites excluding steroid dienone is 1. The maximum Gasteiger partial charge on any atom is 0.389 e. The molecule has 1 saturated carbocycles. The van der Waals surface area contributed by atoms with Gasteiger partial charge in [0.2, 0.25) is 5.91 Å². The minimum atomic E-state index is -4.12. The van der Waals surface area contributed by atoms with Crippen LogP contribution in [-0.4, -0.2) is 71.1 Å². The minimum Gasteiger partial charge on any atom is -0.593 e. The van der Waals surface area contributed by atoms with Crippen LogP contribution in [0, 0.1) is 25.7 Å². The maximum absolute atomic E-state index is 13.3. The van der Waals surface area contributed by atoms with Crippen LogP contribution in [0.2, 0.25) is 0 Å². The van der Waals surface area contributed by atoms with Crippen LogP contribution in [0.25, 0.3) is 6.08 Å². The van der Waals surface area contributed by atoms with E-state index in [1.807, 2.05) is 38.1 Å². The zero-order valence-corrected chi connectivity index (χ0v) is 26.7. The quantitative estimate of drug-likeness (QED) is 0.210. The Morgan fingerprint density at radius 3 is 2.40 bits per heavy atom. The molecule has 1 aliphatic heterocycles.